The van der Waals surface area contributed by atoms with E-state index >= 15 is 0 Å². The molecule has 0 aromatic rings. The topological polar surface area (TPSA) is 39.7 Å². The molecule has 2 heterocycles. The van der Waals surface area contributed by atoms with Crippen LogP contribution in [0.15, 0.2) is 4.99 Å². The van der Waals surface area contributed by atoms with E-state index in [-0.39, 0.29) is 5.54 Å². The zero-order chi connectivity index (χ0) is 14.4. The third-order valence-corrected chi connectivity index (χ3v) is 6.99. The fourth-order valence-corrected chi connectivity index (χ4v) is 5.49. The first-order chi connectivity index (χ1) is 9.66. The standard InChI is InChI=1S/C14H28N4S2/c1-15-13(16-9-12-5-4-7-20-12)17-10-14(18(2)3)6-8-19-11-14/h12H,4-11H2,1-3H3,(H2,15,16,17). The van der Waals surface area contributed by atoms with Crippen LogP contribution in [0.1, 0.15) is 19.3 Å². The van der Waals surface area contributed by atoms with E-state index in [2.05, 4.69) is 58.1 Å². The number of aliphatic imine (C=N–C) groups is 1. The Balaban J connectivity index is 1.77. The first kappa shape index (κ1) is 16.3. The SMILES string of the molecule is CN=C(NCC1CCCS1)NCC1(N(C)C)CCSC1. The molecule has 2 N–H and O–H groups in total. The summed E-state index contributed by atoms with van der Waals surface area (Å²) in [7, 11) is 6.25. The molecule has 0 aromatic carbocycles. The maximum absolute atomic E-state index is 4.36. The quantitative estimate of drug-likeness (QED) is 0.594. The number of nitrogens with one attached hydrogen (secondary N) is 2. The van der Waals surface area contributed by atoms with Gasteiger partial charge in [0, 0.05) is 36.7 Å². The van der Waals surface area contributed by atoms with E-state index in [1.165, 1.54) is 36.5 Å². The number of guanidine groups is 1. The van der Waals surface area contributed by atoms with Gasteiger partial charge in [0.1, 0.15) is 0 Å². The van der Waals surface area contributed by atoms with Crippen LogP contribution in [0.25, 0.3) is 0 Å². The lowest BCUT2D eigenvalue weighted by molar-refractivity contribution is 0.183. The van der Waals surface area contributed by atoms with E-state index in [0.717, 1.165) is 24.3 Å². The van der Waals surface area contributed by atoms with Crippen molar-refractivity contribution in [2.45, 2.75) is 30.1 Å². The summed E-state index contributed by atoms with van der Waals surface area (Å²) in [4.78, 5) is 6.74. The van der Waals surface area contributed by atoms with Crippen molar-refractivity contribution in [1.82, 2.24) is 15.5 Å². The number of likely N-dealkylation sites (N-methyl/N-ethyl adjacent to an activating group) is 1. The summed E-state index contributed by atoms with van der Waals surface area (Å²) in [6.45, 7) is 2.01. The summed E-state index contributed by atoms with van der Waals surface area (Å²) in [5, 5.41) is 7.78. The highest BCUT2D eigenvalue weighted by Gasteiger charge is 2.36. The molecule has 2 unspecified atom stereocenters. The summed E-state index contributed by atoms with van der Waals surface area (Å²) in [6.07, 6.45) is 3.96. The Kier molecular flexibility index (Phi) is 6.36. The van der Waals surface area contributed by atoms with Crippen molar-refractivity contribution in [2.75, 3.05) is 51.5 Å². The second-order valence-electron chi connectivity index (χ2n) is 5.86. The number of thioether (sulfide) groups is 2. The molecule has 2 rings (SSSR count). The molecule has 2 aliphatic rings. The van der Waals surface area contributed by atoms with Gasteiger partial charge >= 0.3 is 0 Å². The highest BCUT2D eigenvalue weighted by atomic mass is 32.2. The lowest BCUT2D eigenvalue weighted by Gasteiger charge is -2.36. The third kappa shape index (κ3) is 4.21. The molecule has 0 spiro atoms. The molecule has 2 saturated heterocycles. The number of hydrogen-bond acceptors (Lipinski definition) is 4. The van der Waals surface area contributed by atoms with E-state index < -0.39 is 0 Å². The Hall–Kier alpha value is -0.0700. The van der Waals surface area contributed by atoms with E-state index in [1.54, 1.807) is 0 Å². The smallest absolute Gasteiger partial charge is 0.191 e. The minimum atomic E-state index is 0.282. The van der Waals surface area contributed by atoms with Crippen molar-refractivity contribution in [3.63, 3.8) is 0 Å². The normalized spacial score (nSPS) is 31.0. The van der Waals surface area contributed by atoms with Gasteiger partial charge in [-0.1, -0.05) is 0 Å². The highest BCUT2D eigenvalue weighted by molar-refractivity contribution is 8.00. The van der Waals surface area contributed by atoms with Gasteiger partial charge < -0.3 is 15.5 Å². The van der Waals surface area contributed by atoms with Crippen LogP contribution >= 0.6 is 23.5 Å². The fraction of sp³-hybridized carbons (Fsp3) is 0.929. The van der Waals surface area contributed by atoms with Gasteiger partial charge in [0.15, 0.2) is 5.96 Å². The molecular formula is C14H28N4S2. The Morgan fingerprint density at radius 1 is 1.35 bits per heavy atom. The lowest BCUT2D eigenvalue weighted by atomic mass is 9.97. The molecule has 2 fully saturated rings. The molecule has 0 aromatic heterocycles. The molecule has 4 nitrogen and oxygen atoms in total. The van der Waals surface area contributed by atoms with E-state index in [1.807, 2.05) is 7.05 Å². The van der Waals surface area contributed by atoms with Crippen molar-refractivity contribution in [3.8, 4) is 0 Å². The van der Waals surface area contributed by atoms with E-state index in [0.29, 0.717) is 0 Å². The molecule has 116 valence electrons. The van der Waals surface area contributed by atoms with Crippen molar-refractivity contribution in [3.05, 3.63) is 0 Å². The summed E-state index contributed by atoms with van der Waals surface area (Å²) in [5.74, 6) is 4.75. The monoisotopic (exact) mass is 316 g/mol. The Bertz CT molecular complexity index is 321. The lowest BCUT2D eigenvalue weighted by Crippen LogP contribution is -2.55. The van der Waals surface area contributed by atoms with E-state index in [9.17, 15) is 0 Å². The van der Waals surface area contributed by atoms with Crippen molar-refractivity contribution < 1.29 is 0 Å². The molecule has 0 radical (unpaired) electrons. The summed E-state index contributed by atoms with van der Waals surface area (Å²) < 4.78 is 0. The van der Waals surface area contributed by atoms with Gasteiger partial charge in [-0.15, -0.1) is 0 Å². The van der Waals surface area contributed by atoms with Gasteiger partial charge in [-0.3, -0.25) is 4.99 Å². The van der Waals surface area contributed by atoms with Gasteiger partial charge in [-0.05, 0) is 44.9 Å². The Morgan fingerprint density at radius 2 is 2.20 bits per heavy atom. The first-order valence-electron chi connectivity index (χ1n) is 7.47. The molecule has 0 aliphatic carbocycles. The molecule has 6 heteroatoms. The third-order valence-electron chi connectivity index (χ3n) is 4.36. The van der Waals surface area contributed by atoms with Gasteiger partial charge in [0.05, 0.1) is 0 Å². The average molecular weight is 317 g/mol. The second kappa shape index (κ2) is 7.80. The van der Waals surface area contributed by atoms with Crippen LogP contribution in [0.5, 0.6) is 0 Å². The fourth-order valence-electron chi connectivity index (χ4n) is 2.73. The predicted molar refractivity (Wildman–Crippen MR) is 93.2 cm³/mol. The number of nitrogens with zero attached hydrogens (tertiary/aromatic N) is 2. The molecule has 20 heavy (non-hydrogen) atoms. The largest absolute Gasteiger partial charge is 0.355 e. The van der Waals surface area contributed by atoms with Crippen LogP contribution in [0, 0.1) is 0 Å². The molecule has 0 amide bonds. The summed E-state index contributed by atoms with van der Waals surface area (Å²) in [6, 6.07) is 0. The van der Waals surface area contributed by atoms with Crippen molar-refractivity contribution >= 4 is 29.5 Å². The Labute approximate surface area is 131 Å². The molecule has 2 aliphatic heterocycles. The average Bonchev–Trinajstić information content (AvgIpc) is 3.10. The molecule has 2 atom stereocenters. The Morgan fingerprint density at radius 3 is 2.75 bits per heavy atom. The van der Waals surface area contributed by atoms with Crippen LogP contribution in [-0.4, -0.2) is 73.1 Å². The van der Waals surface area contributed by atoms with Crippen molar-refractivity contribution in [2.24, 2.45) is 4.99 Å². The zero-order valence-corrected chi connectivity index (χ0v) is 14.6. The van der Waals surface area contributed by atoms with Crippen LogP contribution in [0.4, 0.5) is 0 Å². The van der Waals surface area contributed by atoms with Gasteiger partial charge in [0.25, 0.3) is 0 Å². The predicted octanol–water partition coefficient (Wildman–Crippen LogP) is 1.48. The van der Waals surface area contributed by atoms with Gasteiger partial charge in [0.2, 0.25) is 0 Å². The maximum atomic E-state index is 4.36. The van der Waals surface area contributed by atoms with Crippen LogP contribution in [0.2, 0.25) is 0 Å². The van der Waals surface area contributed by atoms with Crippen molar-refractivity contribution in [1.29, 1.82) is 0 Å². The molecular weight excluding hydrogens is 288 g/mol. The minimum Gasteiger partial charge on any atom is -0.355 e. The minimum absolute atomic E-state index is 0.282. The number of rotatable bonds is 5. The molecule has 0 bridgehead atoms. The van der Waals surface area contributed by atoms with E-state index in [4.69, 9.17) is 0 Å². The number of hydrogen-bond donors (Lipinski definition) is 2. The maximum Gasteiger partial charge on any atom is 0.191 e. The van der Waals surface area contributed by atoms with Crippen LogP contribution in [-0.2, 0) is 0 Å². The molecule has 0 saturated carbocycles. The second-order valence-corrected chi connectivity index (χ2v) is 8.38. The highest BCUT2D eigenvalue weighted by Crippen LogP contribution is 2.31. The summed E-state index contributed by atoms with van der Waals surface area (Å²) in [5.41, 5.74) is 0.282. The summed E-state index contributed by atoms with van der Waals surface area (Å²) >= 11 is 4.14. The van der Waals surface area contributed by atoms with Crippen LogP contribution < -0.4 is 10.6 Å². The first-order valence-corrected chi connectivity index (χ1v) is 9.68. The zero-order valence-electron chi connectivity index (χ0n) is 12.9. The van der Waals surface area contributed by atoms with Gasteiger partial charge in [-0.25, -0.2) is 0 Å². The van der Waals surface area contributed by atoms with Crippen LogP contribution in [0.3, 0.4) is 0 Å². The van der Waals surface area contributed by atoms with Gasteiger partial charge in [-0.2, -0.15) is 23.5 Å².